The van der Waals surface area contributed by atoms with Crippen LogP contribution in [0, 0.1) is 0 Å². The number of nitrogen functional groups attached to an aromatic ring is 1. The van der Waals surface area contributed by atoms with Crippen LogP contribution in [0.2, 0.25) is 0 Å². The van der Waals surface area contributed by atoms with Crippen LogP contribution in [0.1, 0.15) is 40.6 Å². The standard InChI is InChI=1S/C15H16N2O2.ClH/c16-11-6-7-12-10(9-11)3-1-4-13(12)17-15(18)14-5-2-8-19-14;/h2,5-9,13H,1,3-4,16H2,(H,17,18);1H. The number of benzene rings is 1. The molecule has 1 unspecified atom stereocenters. The van der Waals surface area contributed by atoms with Crippen molar-refractivity contribution in [2.75, 3.05) is 5.73 Å². The van der Waals surface area contributed by atoms with Crippen LogP contribution in [0.4, 0.5) is 5.69 Å². The van der Waals surface area contributed by atoms with Crippen LogP contribution in [-0.4, -0.2) is 5.91 Å². The highest BCUT2D eigenvalue weighted by Gasteiger charge is 2.23. The minimum absolute atomic E-state index is 0. The molecule has 1 aliphatic carbocycles. The molecule has 106 valence electrons. The van der Waals surface area contributed by atoms with E-state index in [0.29, 0.717) is 5.76 Å². The third kappa shape index (κ3) is 2.80. The van der Waals surface area contributed by atoms with Crippen LogP contribution >= 0.6 is 12.4 Å². The number of nitrogens with one attached hydrogen (secondary N) is 1. The third-order valence-electron chi connectivity index (χ3n) is 3.53. The maximum absolute atomic E-state index is 12.0. The number of anilines is 1. The van der Waals surface area contributed by atoms with Crippen molar-refractivity contribution >= 4 is 24.0 Å². The molecule has 2 aromatic rings. The summed E-state index contributed by atoms with van der Waals surface area (Å²) < 4.78 is 5.11. The summed E-state index contributed by atoms with van der Waals surface area (Å²) in [7, 11) is 0. The second kappa shape index (κ2) is 6.01. The molecule has 0 aliphatic heterocycles. The van der Waals surface area contributed by atoms with Gasteiger partial charge >= 0.3 is 0 Å². The van der Waals surface area contributed by atoms with Crippen molar-refractivity contribution < 1.29 is 9.21 Å². The zero-order valence-corrected chi connectivity index (χ0v) is 11.8. The Morgan fingerprint density at radius 3 is 2.95 bits per heavy atom. The van der Waals surface area contributed by atoms with Crippen molar-refractivity contribution in [3.8, 4) is 0 Å². The summed E-state index contributed by atoms with van der Waals surface area (Å²) in [5.41, 5.74) is 8.98. The van der Waals surface area contributed by atoms with Gasteiger partial charge in [0.05, 0.1) is 12.3 Å². The number of nitrogens with two attached hydrogens (primary N) is 1. The third-order valence-corrected chi connectivity index (χ3v) is 3.53. The zero-order valence-electron chi connectivity index (χ0n) is 11.0. The molecule has 0 bridgehead atoms. The normalized spacial score (nSPS) is 16.9. The Labute approximate surface area is 123 Å². The first-order valence-corrected chi connectivity index (χ1v) is 6.47. The van der Waals surface area contributed by atoms with Crippen molar-refractivity contribution in [3.63, 3.8) is 0 Å². The fourth-order valence-electron chi connectivity index (χ4n) is 2.62. The number of carbonyl (C=O) groups is 1. The largest absolute Gasteiger partial charge is 0.459 e. The zero-order chi connectivity index (χ0) is 13.2. The van der Waals surface area contributed by atoms with Crippen molar-refractivity contribution in [2.24, 2.45) is 0 Å². The number of halogens is 1. The summed E-state index contributed by atoms with van der Waals surface area (Å²) in [5.74, 6) is 0.183. The lowest BCUT2D eigenvalue weighted by atomic mass is 9.87. The predicted octanol–water partition coefficient (Wildman–Crippen LogP) is 3.09. The van der Waals surface area contributed by atoms with Gasteiger partial charge in [0, 0.05) is 5.69 Å². The van der Waals surface area contributed by atoms with Crippen LogP contribution in [-0.2, 0) is 6.42 Å². The van der Waals surface area contributed by atoms with Crippen LogP contribution in [0.15, 0.2) is 41.0 Å². The first-order chi connectivity index (χ1) is 9.24. The Balaban J connectivity index is 0.00000147. The fourth-order valence-corrected chi connectivity index (χ4v) is 2.62. The molecular weight excluding hydrogens is 276 g/mol. The van der Waals surface area contributed by atoms with Gasteiger partial charge in [-0.3, -0.25) is 4.79 Å². The molecule has 1 aromatic carbocycles. The van der Waals surface area contributed by atoms with E-state index < -0.39 is 0 Å². The van der Waals surface area contributed by atoms with Gasteiger partial charge in [-0.05, 0) is 54.7 Å². The van der Waals surface area contributed by atoms with Gasteiger partial charge in [0.2, 0.25) is 0 Å². The van der Waals surface area contributed by atoms with E-state index in [1.807, 2.05) is 18.2 Å². The van der Waals surface area contributed by atoms with Gasteiger partial charge in [-0.1, -0.05) is 6.07 Å². The predicted molar refractivity (Wildman–Crippen MR) is 80.0 cm³/mol. The molecule has 1 aliphatic rings. The van der Waals surface area contributed by atoms with Gasteiger partial charge in [0.15, 0.2) is 5.76 Å². The first kappa shape index (κ1) is 14.5. The summed E-state index contributed by atoms with van der Waals surface area (Å²) >= 11 is 0. The average Bonchev–Trinajstić information content (AvgIpc) is 2.92. The Morgan fingerprint density at radius 1 is 1.35 bits per heavy atom. The molecule has 0 radical (unpaired) electrons. The molecule has 3 N–H and O–H groups in total. The van der Waals surface area contributed by atoms with E-state index >= 15 is 0 Å². The maximum Gasteiger partial charge on any atom is 0.287 e. The molecule has 1 aromatic heterocycles. The fraction of sp³-hybridized carbons (Fsp3) is 0.267. The number of rotatable bonds is 2. The molecule has 0 saturated heterocycles. The highest BCUT2D eigenvalue weighted by Crippen LogP contribution is 2.31. The Bertz CT molecular complexity index is 596. The van der Waals surface area contributed by atoms with Crippen LogP contribution in [0.25, 0.3) is 0 Å². The molecule has 3 rings (SSSR count). The van der Waals surface area contributed by atoms with E-state index in [1.165, 1.54) is 17.4 Å². The minimum atomic E-state index is -0.167. The lowest BCUT2D eigenvalue weighted by molar-refractivity contribution is 0.0904. The molecular formula is C15H17ClN2O2. The van der Waals surface area contributed by atoms with Crippen LogP contribution in [0.3, 0.4) is 0 Å². The van der Waals surface area contributed by atoms with Gasteiger partial charge in [-0.2, -0.15) is 0 Å². The van der Waals surface area contributed by atoms with Gasteiger partial charge < -0.3 is 15.5 Å². The molecule has 0 fully saturated rings. The number of hydrogen-bond donors (Lipinski definition) is 2. The molecule has 4 nitrogen and oxygen atoms in total. The minimum Gasteiger partial charge on any atom is -0.459 e. The Hall–Kier alpha value is -1.94. The molecule has 0 spiro atoms. The number of fused-ring (bicyclic) bond motifs is 1. The number of hydrogen-bond acceptors (Lipinski definition) is 3. The summed E-state index contributed by atoms with van der Waals surface area (Å²) in [6, 6.07) is 9.32. The molecule has 1 heterocycles. The van der Waals surface area contributed by atoms with Gasteiger partial charge in [0.1, 0.15) is 0 Å². The van der Waals surface area contributed by atoms with Gasteiger partial charge in [-0.25, -0.2) is 0 Å². The molecule has 20 heavy (non-hydrogen) atoms. The smallest absolute Gasteiger partial charge is 0.287 e. The van der Waals surface area contributed by atoms with Crippen molar-refractivity contribution in [2.45, 2.75) is 25.3 Å². The van der Waals surface area contributed by atoms with Crippen molar-refractivity contribution in [1.82, 2.24) is 5.32 Å². The lowest BCUT2D eigenvalue weighted by Gasteiger charge is -2.26. The van der Waals surface area contributed by atoms with E-state index in [4.69, 9.17) is 10.2 Å². The summed E-state index contributed by atoms with van der Waals surface area (Å²) in [6.45, 7) is 0. The van der Waals surface area contributed by atoms with E-state index in [2.05, 4.69) is 5.32 Å². The topological polar surface area (TPSA) is 68.3 Å². The Kier molecular flexibility index (Phi) is 4.35. The highest BCUT2D eigenvalue weighted by atomic mass is 35.5. The number of aryl methyl sites for hydroxylation is 1. The van der Waals surface area contributed by atoms with Crippen molar-refractivity contribution in [1.29, 1.82) is 0 Å². The van der Waals surface area contributed by atoms with E-state index in [1.54, 1.807) is 12.1 Å². The van der Waals surface area contributed by atoms with Crippen LogP contribution in [0.5, 0.6) is 0 Å². The number of amides is 1. The number of carbonyl (C=O) groups excluding carboxylic acids is 1. The second-order valence-corrected chi connectivity index (χ2v) is 4.85. The summed E-state index contributed by atoms with van der Waals surface area (Å²) in [5, 5.41) is 3.02. The molecule has 1 amide bonds. The molecule has 1 atom stereocenters. The quantitative estimate of drug-likeness (QED) is 0.836. The van der Waals surface area contributed by atoms with E-state index in [0.717, 1.165) is 24.9 Å². The van der Waals surface area contributed by atoms with Crippen LogP contribution < -0.4 is 11.1 Å². The SMILES string of the molecule is Cl.Nc1ccc2c(c1)CCCC2NC(=O)c1ccco1. The highest BCUT2D eigenvalue weighted by molar-refractivity contribution is 5.91. The van der Waals surface area contributed by atoms with Gasteiger partial charge in [0.25, 0.3) is 5.91 Å². The molecule has 5 heteroatoms. The van der Waals surface area contributed by atoms with E-state index in [-0.39, 0.29) is 24.4 Å². The Morgan fingerprint density at radius 2 is 2.20 bits per heavy atom. The lowest BCUT2D eigenvalue weighted by Crippen LogP contribution is -2.30. The van der Waals surface area contributed by atoms with E-state index in [9.17, 15) is 4.79 Å². The monoisotopic (exact) mass is 292 g/mol. The summed E-state index contributed by atoms with van der Waals surface area (Å²) in [6.07, 6.45) is 4.53. The molecule has 0 saturated carbocycles. The second-order valence-electron chi connectivity index (χ2n) is 4.85. The maximum atomic E-state index is 12.0. The first-order valence-electron chi connectivity index (χ1n) is 6.47. The van der Waals surface area contributed by atoms with Gasteiger partial charge in [-0.15, -0.1) is 12.4 Å². The summed E-state index contributed by atoms with van der Waals surface area (Å²) in [4.78, 5) is 12.0. The van der Waals surface area contributed by atoms with Crippen molar-refractivity contribution in [3.05, 3.63) is 53.5 Å². The number of furan rings is 1. The average molecular weight is 293 g/mol.